The van der Waals surface area contributed by atoms with Crippen molar-refractivity contribution in [3.05, 3.63) is 0 Å². The van der Waals surface area contributed by atoms with Crippen LogP contribution in [-0.2, 0) is 4.74 Å². The van der Waals surface area contributed by atoms with E-state index in [4.69, 9.17) is 4.74 Å². The zero-order chi connectivity index (χ0) is 5.98. The fourth-order valence-electron chi connectivity index (χ4n) is 0.999. The molecule has 0 saturated carbocycles. The predicted octanol–water partition coefficient (Wildman–Crippen LogP) is 1.99. The second kappa shape index (κ2) is 3.01. The summed E-state index contributed by atoms with van der Waals surface area (Å²) in [5, 5.41) is 0. The summed E-state index contributed by atoms with van der Waals surface area (Å²) in [6.07, 6.45) is 3.61. The molecule has 1 heterocycles. The number of ether oxygens (including phenoxy) is 1. The van der Waals surface area contributed by atoms with Gasteiger partial charge >= 0.3 is 0 Å². The molecule has 0 unspecified atom stereocenters. The molecule has 0 spiro atoms. The summed E-state index contributed by atoms with van der Waals surface area (Å²) in [6.45, 7) is 2.15. The maximum Gasteiger partial charge on any atom is 0.0669 e. The van der Waals surface area contributed by atoms with Crippen LogP contribution in [0, 0.1) is 0 Å². The van der Waals surface area contributed by atoms with E-state index < -0.39 is 0 Å². The molecule has 0 amide bonds. The first-order chi connectivity index (χ1) is 3.83. The lowest BCUT2D eigenvalue weighted by molar-refractivity contribution is 0.0716. The van der Waals surface area contributed by atoms with E-state index in [1.54, 1.807) is 0 Å². The molecule has 1 saturated heterocycles. The Balaban J connectivity index is 2.22. The van der Waals surface area contributed by atoms with E-state index in [0.717, 1.165) is 4.43 Å². The minimum absolute atomic E-state index is 0.523. The molecule has 1 aliphatic heterocycles. The van der Waals surface area contributed by atoms with Gasteiger partial charge < -0.3 is 4.74 Å². The third kappa shape index (κ3) is 1.58. The molecule has 0 aromatic carbocycles. The van der Waals surface area contributed by atoms with Gasteiger partial charge in [0.05, 0.1) is 12.2 Å². The van der Waals surface area contributed by atoms with Crippen molar-refractivity contribution in [2.24, 2.45) is 0 Å². The van der Waals surface area contributed by atoms with Gasteiger partial charge in [0.25, 0.3) is 0 Å². The van der Waals surface area contributed by atoms with Gasteiger partial charge in [-0.3, -0.25) is 0 Å². The van der Waals surface area contributed by atoms with E-state index in [1.165, 1.54) is 12.8 Å². The first kappa shape index (κ1) is 6.81. The van der Waals surface area contributed by atoms with Crippen LogP contribution < -0.4 is 0 Å². The quantitative estimate of drug-likeness (QED) is 0.490. The van der Waals surface area contributed by atoms with Crippen molar-refractivity contribution >= 4 is 22.6 Å². The fraction of sp³-hybridized carbons (Fsp3) is 1.00. The van der Waals surface area contributed by atoms with Crippen molar-refractivity contribution in [1.29, 1.82) is 0 Å². The van der Waals surface area contributed by atoms with Gasteiger partial charge in [0.2, 0.25) is 0 Å². The zero-order valence-corrected chi connectivity index (χ0v) is 7.22. The van der Waals surface area contributed by atoms with Crippen LogP contribution in [0.5, 0.6) is 0 Å². The third-order valence-corrected chi connectivity index (χ3v) is 2.47. The molecule has 1 fully saturated rings. The smallest absolute Gasteiger partial charge is 0.0669 e. The molecule has 1 aliphatic rings. The van der Waals surface area contributed by atoms with Crippen LogP contribution in [0.1, 0.15) is 19.8 Å². The average Bonchev–Trinajstić information content (AvgIpc) is 2.14. The molecule has 0 bridgehead atoms. The summed E-state index contributed by atoms with van der Waals surface area (Å²) < 4.78 is 6.66. The van der Waals surface area contributed by atoms with Crippen LogP contribution in [0.4, 0.5) is 0 Å². The molecule has 0 aromatic rings. The van der Waals surface area contributed by atoms with Crippen molar-refractivity contribution in [3.63, 3.8) is 0 Å². The molecular weight excluding hydrogens is 215 g/mol. The van der Waals surface area contributed by atoms with Crippen molar-refractivity contribution in [2.45, 2.75) is 32.0 Å². The lowest BCUT2D eigenvalue weighted by Gasteiger charge is -2.04. The summed E-state index contributed by atoms with van der Waals surface area (Å²) in [6, 6.07) is 0. The highest BCUT2D eigenvalue weighted by Gasteiger charge is 2.19. The van der Waals surface area contributed by atoms with Crippen molar-refractivity contribution in [2.75, 3.05) is 4.43 Å². The van der Waals surface area contributed by atoms with Gasteiger partial charge in [0.15, 0.2) is 0 Å². The number of alkyl halides is 1. The summed E-state index contributed by atoms with van der Waals surface area (Å²) in [4.78, 5) is 0. The Morgan fingerprint density at radius 1 is 1.62 bits per heavy atom. The van der Waals surface area contributed by atoms with E-state index in [0.29, 0.717) is 12.2 Å². The van der Waals surface area contributed by atoms with Crippen molar-refractivity contribution in [1.82, 2.24) is 0 Å². The molecule has 0 aliphatic carbocycles. The Bertz CT molecular complexity index is 74.9. The maximum absolute atomic E-state index is 5.50. The topological polar surface area (TPSA) is 9.23 Å². The Morgan fingerprint density at radius 3 is 2.62 bits per heavy atom. The van der Waals surface area contributed by atoms with Crippen LogP contribution in [0.2, 0.25) is 0 Å². The molecule has 2 atom stereocenters. The average molecular weight is 226 g/mol. The minimum Gasteiger partial charge on any atom is -0.374 e. The summed E-state index contributed by atoms with van der Waals surface area (Å²) >= 11 is 2.37. The van der Waals surface area contributed by atoms with E-state index in [1.807, 2.05) is 0 Å². The molecule has 8 heavy (non-hydrogen) atoms. The molecule has 0 aromatic heterocycles. The van der Waals surface area contributed by atoms with E-state index in [-0.39, 0.29) is 0 Å². The molecular formula is C6H11IO. The van der Waals surface area contributed by atoms with Crippen molar-refractivity contribution in [3.8, 4) is 0 Å². The van der Waals surface area contributed by atoms with Gasteiger partial charge in [-0.25, -0.2) is 0 Å². The maximum atomic E-state index is 5.50. The number of halogens is 1. The molecule has 0 radical (unpaired) electrons. The van der Waals surface area contributed by atoms with Crippen LogP contribution in [-0.4, -0.2) is 16.6 Å². The summed E-state index contributed by atoms with van der Waals surface area (Å²) in [7, 11) is 0. The van der Waals surface area contributed by atoms with Crippen LogP contribution in [0.15, 0.2) is 0 Å². The van der Waals surface area contributed by atoms with Crippen LogP contribution in [0.3, 0.4) is 0 Å². The lowest BCUT2D eigenvalue weighted by Crippen LogP contribution is -2.08. The Labute approximate surface area is 63.9 Å². The monoisotopic (exact) mass is 226 g/mol. The lowest BCUT2D eigenvalue weighted by atomic mass is 10.2. The Hall–Kier alpha value is 0.690. The first-order valence-electron chi connectivity index (χ1n) is 3.04. The van der Waals surface area contributed by atoms with Gasteiger partial charge in [-0.15, -0.1) is 0 Å². The fourth-order valence-corrected chi connectivity index (χ4v) is 1.65. The SMILES string of the molecule is C[C@@H]1CC[C@@H](CI)O1. The molecule has 1 rings (SSSR count). The van der Waals surface area contributed by atoms with Gasteiger partial charge in [0, 0.05) is 4.43 Å². The van der Waals surface area contributed by atoms with Crippen LogP contribution in [0.25, 0.3) is 0 Å². The Morgan fingerprint density at radius 2 is 2.38 bits per heavy atom. The highest BCUT2D eigenvalue weighted by atomic mass is 127. The van der Waals surface area contributed by atoms with E-state index in [9.17, 15) is 0 Å². The highest BCUT2D eigenvalue weighted by molar-refractivity contribution is 14.1. The van der Waals surface area contributed by atoms with E-state index in [2.05, 4.69) is 29.5 Å². The highest BCUT2D eigenvalue weighted by Crippen LogP contribution is 2.19. The molecule has 0 N–H and O–H groups in total. The van der Waals surface area contributed by atoms with Gasteiger partial charge in [-0.1, -0.05) is 22.6 Å². The molecule has 1 nitrogen and oxygen atoms in total. The predicted molar refractivity (Wildman–Crippen MR) is 42.5 cm³/mol. The van der Waals surface area contributed by atoms with Gasteiger partial charge in [0.1, 0.15) is 0 Å². The summed E-state index contributed by atoms with van der Waals surface area (Å²) in [5.41, 5.74) is 0. The number of rotatable bonds is 1. The minimum atomic E-state index is 0.523. The third-order valence-electron chi connectivity index (χ3n) is 1.49. The normalized spacial score (nSPS) is 38.2. The second-order valence-corrected chi connectivity index (χ2v) is 3.18. The van der Waals surface area contributed by atoms with Gasteiger partial charge in [-0.05, 0) is 19.8 Å². The van der Waals surface area contributed by atoms with Crippen molar-refractivity contribution < 1.29 is 4.74 Å². The zero-order valence-electron chi connectivity index (χ0n) is 5.06. The Kier molecular flexibility index (Phi) is 2.56. The second-order valence-electron chi connectivity index (χ2n) is 2.30. The standard InChI is InChI=1S/C6H11IO/c1-5-2-3-6(4-7)8-5/h5-6H,2-4H2,1H3/t5-,6+/m1/s1. The van der Waals surface area contributed by atoms with Crippen LogP contribution >= 0.6 is 22.6 Å². The molecule has 2 heteroatoms. The largest absolute Gasteiger partial charge is 0.374 e. The molecule has 48 valence electrons. The number of hydrogen-bond donors (Lipinski definition) is 0. The first-order valence-corrected chi connectivity index (χ1v) is 4.57. The van der Waals surface area contributed by atoms with E-state index >= 15 is 0 Å². The summed E-state index contributed by atoms with van der Waals surface area (Å²) in [5.74, 6) is 0. The number of hydrogen-bond acceptors (Lipinski definition) is 1. The van der Waals surface area contributed by atoms with Gasteiger partial charge in [-0.2, -0.15) is 0 Å².